The quantitative estimate of drug-likeness (QED) is 0.779. The second kappa shape index (κ2) is 3.98. The van der Waals surface area contributed by atoms with Gasteiger partial charge < -0.3 is 5.73 Å². The lowest BCUT2D eigenvalue weighted by atomic mass is 9.47. The predicted octanol–water partition coefficient (Wildman–Crippen LogP) is 4.11. The third kappa shape index (κ3) is 2.28. The molecule has 0 heterocycles. The second-order valence-electron chi connectivity index (χ2n) is 8.00. The monoisotopic (exact) mass is 235 g/mol. The van der Waals surface area contributed by atoms with Gasteiger partial charge in [0.25, 0.3) is 0 Å². The van der Waals surface area contributed by atoms with Gasteiger partial charge in [-0.05, 0) is 81.5 Å². The van der Waals surface area contributed by atoms with Gasteiger partial charge in [0.2, 0.25) is 0 Å². The third-order valence-electron chi connectivity index (χ3n) is 5.77. The van der Waals surface area contributed by atoms with Crippen LogP contribution in [0.3, 0.4) is 0 Å². The minimum atomic E-state index is 0.0976. The molecule has 98 valence electrons. The molecule has 4 rings (SSSR count). The molecule has 1 unspecified atom stereocenters. The Hall–Kier alpha value is -0.0400. The molecule has 1 nitrogen and oxygen atoms in total. The molecule has 2 N–H and O–H groups in total. The number of rotatable bonds is 4. The molecule has 1 atom stereocenters. The van der Waals surface area contributed by atoms with Crippen molar-refractivity contribution in [2.75, 3.05) is 0 Å². The van der Waals surface area contributed by atoms with Crippen LogP contribution in [0.2, 0.25) is 0 Å². The third-order valence-corrected chi connectivity index (χ3v) is 5.77. The molecule has 4 fully saturated rings. The summed E-state index contributed by atoms with van der Waals surface area (Å²) in [5.41, 5.74) is 7.31. The molecule has 0 aromatic heterocycles. The van der Waals surface area contributed by atoms with Crippen molar-refractivity contribution >= 4 is 0 Å². The zero-order valence-electron chi connectivity index (χ0n) is 11.7. The van der Waals surface area contributed by atoms with Gasteiger partial charge in [-0.1, -0.05) is 13.3 Å². The van der Waals surface area contributed by atoms with E-state index in [1.807, 2.05) is 0 Å². The van der Waals surface area contributed by atoms with E-state index in [0.29, 0.717) is 5.41 Å². The van der Waals surface area contributed by atoms with E-state index in [-0.39, 0.29) is 5.54 Å². The lowest BCUT2D eigenvalue weighted by Gasteiger charge is -2.58. The normalized spacial score (nSPS) is 47.1. The largest absolute Gasteiger partial charge is 0.325 e. The van der Waals surface area contributed by atoms with Crippen molar-refractivity contribution in [3.05, 3.63) is 0 Å². The van der Waals surface area contributed by atoms with Crippen molar-refractivity contribution in [1.29, 1.82) is 0 Å². The van der Waals surface area contributed by atoms with Crippen molar-refractivity contribution < 1.29 is 0 Å². The minimum absolute atomic E-state index is 0.0976. The van der Waals surface area contributed by atoms with Crippen LogP contribution in [0.5, 0.6) is 0 Å². The minimum Gasteiger partial charge on any atom is -0.325 e. The average Bonchev–Trinajstić information content (AvgIpc) is 2.11. The van der Waals surface area contributed by atoms with Crippen LogP contribution in [0.25, 0.3) is 0 Å². The number of hydrogen-bond acceptors (Lipinski definition) is 1. The van der Waals surface area contributed by atoms with Gasteiger partial charge in [0.15, 0.2) is 0 Å². The highest BCUT2D eigenvalue weighted by molar-refractivity contribution is 5.04. The second-order valence-corrected chi connectivity index (χ2v) is 8.00. The Morgan fingerprint density at radius 2 is 1.53 bits per heavy atom. The molecule has 0 amide bonds. The molecule has 0 saturated heterocycles. The summed E-state index contributed by atoms with van der Waals surface area (Å²) in [5.74, 6) is 3.20. The molecular weight excluding hydrogens is 206 g/mol. The maximum absolute atomic E-state index is 6.55. The van der Waals surface area contributed by atoms with E-state index < -0.39 is 0 Å². The molecule has 4 bridgehead atoms. The molecule has 0 aromatic carbocycles. The maximum Gasteiger partial charge on any atom is 0.0131 e. The lowest BCUT2D eigenvalue weighted by molar-refractivity contribution is -0.0674. The van der Waals surface area contributed by atoms with E-state index in [9.17, 15) is 0 Å². The van der Waals surface area contributed by atoms with Crippen molar-refractivity contribution in [3.63, 3.8) is 0 Å². The van der Waals surface area contributed by atoms with Crippen LogP contribution < -0.4 is 5.73 Å². The highest BCUT2D eigenvalue weighted by Crippen LogP contribution is 2.62. The van der Waals surface area contributed by atoms with Crippen molar-refractivity contribution in [1.82, 2.24) is 0 Å². The Morgan fingerprint density at radius 3 is 1.94 bits per heavy atom. The number of hydrogen-bond donors (Lipinski definition) is 1. The summed E-state index contributed by atoms with van der Waals surface area (Å²) in [6.45, 7) is 4.57. The average molecular weight is 235 g/mol. The van der Waals surface area contributed by atoms with Crippen LogP contribution in [0.1, 0.15) is 71.6 Å². The topological polar surface area (TPSA) is 26.0 Å². The maximum atomic E-state index is 6.55. The first kappa shape index (κ1) is 12.0. The fourth-order valence-corrected chi connectivity index (χ4v) is 6.02. The molecule has 1 heteroatoms. The van der Waals surface area contributed by atoms with Gasteiger partial charge in [0, 0.05) is 5.54 Å². The molecule has 0 spiro atoms. The van der Waals surface area contributed by atoms with Crippen LogP contribution in [0.15, 0.2) is 0 Å². The Morgan fingerprint density at radius 1 is 1.06 bits per heavy atom. The Labute approximate surface area is 107 Å². The Kier molecular flexibility index (Phi) is 2.81. The first-order valence-corrected chi connectivity index (χ1v) is 7.79. The van der Waals surface area contributed by atoms with Gasteiger partial charge in [-0.2, -0.15) is 0 Å². The molecular formula is C16H29N. The van der Waals surface area contributed by atoms with Crippen molar-refractivity contribution in [2.45, 2.75) is 77.2 Å². The van der Waals surface area contributed by atoms with E-state index in [0.717, 1.165) is 17.8 Å². The van der Waals surface area contributed by atoms with E-state index in [2.05, 4.69) is 13.8 Å². The summed E-state index contributed by atoms with van der Waals surface area (Å²) in [4.78, 5) is 0. The Bertz CT molecular complexity index is 257. The Balaban J connectivity index is 1.74. The van der Waals surface area contributed by atoms with E-state index in [1.165, 1.54) is 38.5 Å². The molecule has 0 aromatic rings. The van der Waals surface area contributed by atoms with Gasteiger partial charge in [0.1, 0.15) is 0 Å². The van der Waals surface area contributed by atoms with Crippen LogP contribution in [0.4, 0.5) is 0 Å². The fourth-order valence-electron chi connectivity index (χ4n) is 6.02. The molecule has 0 radical (unpaired) electrons. The standard InChI is InChI=1S/C16H29N/c1-3-4-15(2,17)11-16-8-12-5-13(9-16)7-14(6-12)10-16/h12-14H,3-11,17H2,1-2H3. The number of nitrogens with two attached hydrogens (primary N) is 1. The first-order chi connectivity index (χ1) is 8.00. The van der Waals surface area contributed by atoms with Crippen LogP contribution in [-0.4, -0.2) is 5.54 Å². The zero-order valence-corrected chi connectivity index (χ0v) is 11.7. The summed E-state index contributed by atoms with van der Waals surface area (Å²) in [6, 6.07) is 0. The lowest BCUT2D eigenvalue weighted by Crippen LogP contribution is -2.51. The zero-order chi connectivity index (χ0) is 12.1. The summed E-state index contributed by atoms with van der Waals surface area (Å²) < 4.78 is 0. The summed E-state index contributed by atoms with van der Waals surface area (Å²) in [5, 5.41) is 0. The SMILES string of the molecule is CCCC(C)(N)CC12CC3CC(CC(C3)C1)C2. The summed E-state index contributed by atoms with van der Waals surface area (Å²) in [6.07, 6.45) is 12.9. The molecule has 17 heavy (non-hydrogen) atoms. The van der Waals surface area contributed by atoms with Gasteiger partial charge in [-0.15, -0.1) is 0 Å². The predicted molar refractivity (Wildman–Crippen MR) is 72.7 cm³/mol. The highest BCUT2D eigenvalue weighted by atomic mass is 14.7. The van der Waals surface area contributed by atoms with Gasteiger partial charge in [0.05, 0.1) is 0 Å². The highest BCUT2D eigenvalue weighted by Gasteiger charge is 2.52. The fraction of sp³-hybridized carbons (Fsp3) is 1.00. The van der Waals surface area contributed by atoms with Gasteiger partial charge in [-0.25, -0.2) is 0 Å². The van der Waals surface area contributed by atoms with Gasteiger partial charge in [-0.3, -0.25) is 0 Å². The van der Waals surface area contributed by atoms with Crippen molar-refractivity contribution in [3.8, 4) is 0 Å². The smallest absolute Gasteiger partial charge is 0.0131 e. The molecule has 4 aliphatic carbocycles. The van der Waals surface area contributed by atoms with Crippen LogP contribution in [-0.2, 0) is 0 Å². The van der Waals surface area contributed by atoms with E-state index in [4.69, 9.17) is 5.73 Å². The molecule has 4 aliphatic rings. The summed E-state index contributed by atoms with van der Waals surface area (Å²) >= 11 is 0. The molecule has 4 saturated carbocycles. The summed E-state index contributed by atoms with van der Waals surface area (Å²) in [7, 11) is 0. The van der Waals surface area contributed by atoms with Crippen LogP contribution in [0, 0.1) is 23.2 Å². The molecule has 0 aliphatic heterocycles. The van der Waals surface area contributed by atoms with Gasteiger partial charge >= 0.3 is 0 Å². The van der Waals surface area contributed by atoms with Crippen molar-refractivity contribution in [2.24, 2.45) is 28.9 Å². The van der Waals surface area contributed by atoms with E-state index >= 15 is 0 Å². The van der Waals surface area contributed by atoms with Crippen LogP contribution >= 0.6 is 0 Å². The first-order valence-electron chi connectivity index (χ1n) is 7.79. The van der Waals surface area contributed by atoms with E-state index in [1.54, 1.807) is 19.3 Å².